The van der Waals surface area contributed by atoms with Gasteiger partial charge in [0, 0.05) is 25.1 Å². The summed E-state index contributed by atoms with van der Waals surface area (Å²) in [5.74, 6) is 0.0793. The summed E-state index contributed by atoms with van der Waals surface area (Å²) in [5, 5.41) is 13.5. The molecular weight excluding hydrogens is 446 g/mol. The van der Waals surface area contributed by atoms with Crippen LogP contribution in [0.2, 0.25) is 0 Å². The Bertz CT molecular complexity index is 903. The lowest BCUT2D eigenvalue weighted by Gasteiger charge is -2.27. The Labute approximate surface area is 198 Å². The molecule has 0 bridgehead atoms. The Kier molecular flexibility index (Phi) is 9.30. The molecule has 1 fully saturated rings. The Morgan fingerprint density at radius 3 is 2.88 bits per heavy atom. The molecule has 1 aliphatic heterocycles. The number of hydrogen-bond acceptors (Lipinski definition) is 10. The third kappa shape index (κ3) is 7.26. The summed E-state index contributed by atoms with van der Waals surface area (Å²) in [5.41, 5.74) is 1.30. The molecule has 1 unspecified atom stereocenters. The predicted octanol–water partition coefficient (Wildman–Crippen LogP) is 3.13. The molecule has 3 rings (SSSR count). The first kappa shape index (κ1) is 25.7. The van der Waals surface area contributed by atoms with E-state index in [0.29, 0.717) is 43.0 Å². The van der Waals surface area contributed by atoms with E-state index in [-0.39, 0.29) is 18.2 Å². The van der Waals surface area contributed by atoms with Crippen molar-refractivity contribution < 1.29 is 24.1 Å². The maximum atomic E-state index is 11.4. The Morgan fingerprint density at radius 2 is 2.15 bits per heavy atom. The van der Waals surface area contributed by atoms with Crippen molar-refractivity contribution in [2.24, 2.45) is 0 Å². The van der Waals surface area contributed by atoms with Gasteiger partial charge >= 0.3 is 5.97 Å². The summed E-state index contributed by atoms with van der Waals surface area (Å²) in [6, 6.07) is 0. The largest absolute Gasteiger partial charge is 0.466 e. The molecule has 0 aromatic carbocycles. The average molecular weight is 482 g/mol. The number of anilines is 1. The Balaban J connectivity index is 1.64. The highest BCUT2D eigenvalue weighted by atomic mass is 32.2. The molecule has 3 heterocycles. The van der Waals surface area contributed by atoms with Crippen LogP contribution >= 0.6 is 11.8 Å². The van der Waals surface area contributed by atoms with Gasteiger partial charge in [0.1, 0.15) is 12.4 Å². The molecule has 2 aromatic heterocycles. The second-order valence-corrected chi connectivity index (χ2v) is 9.44. The van der Waals surface area contributed by atoms with E-state index in [1.165, 1.54) is 6.33 Å². The predicted molar refractivity (Wildman–Crippen MR) is 127 cm³/mol. The van der Waals surface area contributed by atoms with E-state index >= 15 is 0 Å². The van der Waals surface area contributed by atoms with E-state index in [1.54, 1.807) is 31.9 Å². The number of nitrogens with one attached hydrogen (secondary N) is 1. The van der Waals surface area contributed by atoms with Gasteiger partial charge < -0.3 is 24.6 Å². The number of hydrogen-bond donors (Lipinski definition) is 2. The third-order valence-corrected chi connectivity index (χ3v) is 5.93. The van der Waals surface area contributed by atoms with Crippen LogP contribution in [-0.2, 0) is 19.0 Å². The van der Waals surface area contributed by atoms with Gasteiger partial charge in [-0.15, -0.1) is 0 Å². The minimum Gasteiger partial charge on any atom is -0.466 e. The van der Waals surface area contributed by atoms with E-state index < -0.39 is 12.0 Å². The molecule has 2 aromatic rings. The first-order valence-electron chi connectivity index (χ1n) is 11.4. The van der Waals surface area contributed by atoms with E-state index in [0.717, 1.165) is 25.0 Å². The van der Waals surface area contributed by atoms with Gasteiger partial charge in [0.2, 0.25) is 0 Å². The van der Waals surface area contributed by atoms with E-state index in [1.807, 2.05) is 17.7 Å². The van der Waals surface area contributed by atoms with Gasteiger partial charge in [0.15, 0.2) is 29.0 Å². The molecule has 184 valence electrons. The number of fused-ring (bicyclic) bond motifs is 1. The topological polar surface area (TPSA) is 121 Å². The number of imidazole rings is 1. The number of thioether (sulfide) groups is 1. The summed E-state index contributed by atoms with van der Waals surface area (Å²) in [6.07, 6.45) is 8.22. The van der Waals surface area contributed by atoms with Crippen LogP contribution in [0.4, 0.5) is 5.82 Å². The van der Waals surface area contributed by atoms with Gasteiger partial charge in [-0.1, -0.05) is 6.42 Å². The zero-order valence-corrected chi connectivity index (χ0v) is 20.6. The van der Waals surface area contributed by atoms with Crippen LogP contribution in [0, 0.1) is 0 Å². The summed E-state index contributed by atoms with van der Waals surface area (Å²) in [6.45, 7) is 6.19. The van der Waals surface area contributed by atoms with Crippen molar-refractivity contribution in [2.45, 2.75) is 77.1 Å². The Morgan fingerprint density at radius 1 is 1.33 bits per heavy atom. The lowest BCUT2D eigenvalue weighted by Crippen LogP contribution is -2.33. The number of esters is 1. The van der Waals surface area contributed by atoms with Crippen LogP contribution < -0.4 is 5.32 Å². The van der Waals surface area contributed by atoms with Crippen molar-refractivity contribution in [3.05, 3.63) is 12.7 Å². The van der Waals surface area contributed by atoms with Gasteiger partial charge in [-0.05, 0) is 39.9 Å². The second kappa shape index (κ2) is 12.0. The van der Waals surface area contributed by atoms with Gasteiger partial charge in [0.25, 0.3) is 0 Å². The van der Waals surface area contributed by atoms with Crippen molar-refractivity contribution in [1.82, 2.24) is 19.5 Å². The number of rotatable bonds is 13. The fourth-order valence-corrected chi connectivity index (χ4v) is 4.50. The van der Waals surface area contributed by atoms with Gasteiger partial charge in [-0.25, -0.2) is 15.0 Å². The van der Waals surface area contributed by atoms with Crippen molar-refractivity contribution in [2.75, 3.05) is 30.5 Å². The summed E-state index contributed by atoms with van der Waals surface area (Å²) < 4.78 is 19.0. The number of carbonyl (C=O) groups is 1. The van der Waals surface area contributed by atoms with Crippen molar-refractivity contribution in [3.63, 3.8) is 0 Å². The van der Waals surface area contributed by atoms with Crippen LogP contribution in [0.1, 0.15) is 59.1 Å². The summed E-state index contributed by atoms with van der Waals surface area (Å²) in [4.78, 5) is 24.7. The minimum absolute atomic E-state index is 0.0174. The first-order chi connectivity index (χ1) is 15.8. The van der Waals surface area contributed by atoms with Crippen LogP contribution in [0.15, 0.2) is 12.7 Å². The quantitative estimate of drug-likeness (QED) is 0.251. The SMILES string of the molecule is CCOC(=O)CCCCCNc1ncnc2c1ncn2[C@@H]1O[C@H](CSC)CC1OC(C)(C)O. The number of unbranched alkanes of at least 4 members (excludes halogenated alkanes) is 2. The van der Waals surface area contributed by atoms with Crippen LogP contribution in [-0.4, -0.2) is 73.8 Å². The van der Waals surface area contributed by atoms with Gasteiger partial charge in [-0.2, -0.15) is 11.8 Å². The highest BCUT2D eigenvalue weighted by Crippen LogP contribution is 2.36. The third-order valence-electron chi connectivity index (χ3n) is 5.23. The fourth-order valence-electron chi connectivity index (χ4n) is 3.91. The zero-order chi connectivity index (χ0) is 23.8. The number of carbonyl (C=O) groups excluding carboxylic acids is 1. The molecule has 1 saturated heterocycles. The minimum atomic E-state index is -1.27. The fraction of sp³-hybridized carbons (Fsp3) is 0.727. The van der Waals surface area contributed by atoms with Crippen molar-refractivity contribution in [1.29, 1.82) is 0 Å². The lowest BCUT2D eigenvalue weighted by atomic mass is 10.2. The molecule has 0 aliphatic carbocycles. The van der Waals surface area contributed by atoms with Crippen LogP contribution in [0.25, 0.3) is 11.2 Å². The molecule has 2 N–H and O–H groups in total. The first-order valence-corrected chi connectivity index (χ1v) is 12.8. The molecule has 0 amide bonds. The Hall–Kier alpha value is -1.95. The standard InChI is InChI=1S/C22H35N5O5S/c1-5-30-17(28)9-7-6-8-10-23-19-18-20(25-13-24-19)27(14-26-18)21-16(32-22(2,3)29)11-15(31-21)12-33-4/h13-16,21,29H,5-12H2,1-4H3,(H,23,24,25)/t15-,16?,21+/m0/s1. The number of aromatic nitrogens is 4. The van der Waals surface area contributed by atoms with Crippen molar-refractivity contribution >= 4 is 34.7 Å². The lowest BCUT2D eigenvalue weighted by molar-refractivity contribution is -0.222. The molecule has 0 saturated carbocycles. The number of nitrogens with zero attached hydrogens (tertiary/aromatic N) is 4. The molecule has 3 atom stereocenters. The number of aliphatic hydroxyl groups is 1. The van der Waals surface area contributed by atoms with E-state index in [2.05, 4.69) is 20.3 Å². The monoisotopic (exact) mass is 481 g/mol. The molecule has 1 aliphatic rings. The maximum Gasteiger partial charge on any atom is 0.305 e. The van der Waals surface area contributed by atoms with Gasteiger partial charge in [0.05, 0.1) is 19.0 Å². The average Bonchev–Trinajstić information content (AvgIpc) is 3.34. The summed E-state index contributed by atoms with van der Waals surface area (Å²) >= 11 is 1.71. The highest BCUT2D eigenvalue weighted by molar-refractivity contribution is 7.98. The smallest absolute Gasteiger partial charge is 0.305 e. The normalized spacial score (nSPS) is 20.9. The summed E-state index contributed by atoms with van der Waals surface area (Å²) in [7, 11) is 0. The number of ether oxygens (including phenoxy) is 3. The van der Waals surface area contributed by atoms with Crippen LogP contribution in [0.5, 0.6) is 0 Å². The van der Waals surface area contributed by atoms with Crippen molar-refractivity contribution in [3.8, 4) is 0 Å². The highest BCUT2D eigenvalue weighted by Gasteiger charge is 2.40. The maximum absolute atomic E-state index is 11.4. The van der Waals surface area contributed by atoms with E-state index in [4.69, 9.17) is 14.2 Å². The van der Waals surface area contributed by atoms with E-state index in [9.17, 15) is 9.90 Å². The zero-order valence-electron chi connectivity index (χ0n) is 19.8. The molecule has 0 spiro atoms. The molecule has 10 nitrogen and oxygen atoms in total. The molecular formula is C22H35N5O5S. The molecule has 11 heteroatoms. The van der Waals surface area contributed by atoms with Gasteiger partial charge in [-0.3, -0.25) is 9.36 Å². The molecule has 33 heavy (non-hydrogen) atoms. The molecule has 0 radical (unpaired) electrons. The van der Waals surface area contributed by atoms with Crippen LogP contribution in [0.3, 0.4) is 0 Å². The second-order valence-electron chi connectivity index (χ2n) is 8.53.